The first-order valence-electron chi connectivity index (χ1n) is 39.8. The standard InChI is InChI=1S/2C27H19N3O4.C23H16N4O6.C23H17N3O5/c1-34-27(33)17-12-10-16(11-13-17)24-28-25(20-8-4-5-9-22(20)31)30-26(29-24)21-14-18-6-2-3-7-19(18)15-23(21)32;1-34-27(33)18-12-10-17(11-13-18)24-28-25(20-8-4-5-9-22(20)31)30-26(29-24)21-15-14-16-6-2-3-7-19(16)23(21)32;1-33-23(30)14-11-9-13(10-12-14)20-24-21(15-5-2-3-7-17(15)28)26-22(25-20)19-16(27(31)32)6-4-8-18(19)29;1-31-23(30)14-11-9-13(10-12-14)20-24-21(15-5-2-3-6-16(15)27)26-22(25-20)19-17(28)7-4-8-18(19)29/h2*2-15,31-32H,1H3;2-12,28-29H,1H3;2-12,27-29H,1H3. The van der Waals surface area contributed by atoms with Gasteiger partial charge in [0, 0.05) is 33.7 Å². The van der Waals surface area contributed by atoms with Crippen molar-refractivity contribution in [3.05, 3.63) is 336 Å². The average molecular weight is 1760 g/mol. The summed E-state index contributed by atoms with van der Waals surface area (Å²) in [5.41, 5.74) is 5.58. The number of aromatic hydroxyl groups is 9. The Balaban J connectivity index is 0.000000135. The molecule has 0 aliphatic rings. The van der Waals surface area contributed by atoms with E-state index < -0.39 is 34.5 Å². The minimum absolute atomic E-state index is 0.0226. The monoisotopic (exact) mass is 1760 g/mol. The van der Waals surface area contributed by atoms with Gasteiger partial charge in [-0.1, -0.05) is 164 Å². The Labute approximate surface area is 748 Å². The largest absolute Gasteiger partial charge is 0.507 e. The Morgan fingerprint density at radius 1 is 0.242 bits per heavy atom. The van der Waals surface area contributed by atoms with Gasteiger partial charge in [0.05, 0.1) is 89.0 Å². The molecule has 14 aromatic carbocycles. The highest BCUT2D eigenvalue weighted by Crippen LogP contribution is 2.43. The highest BCUT2D eigenvalue weighted by Gasteiger charge is 2.28. The average Bonchev–Trinajstić information content (AvgIpc) is 0.713. The summed E-state index contributed by atoms with van der Waals surface area (Å²) in [6.45, 7) is 0. The number of carbonyl (C=O) groups excluding carboxylic acids is 4. The predicted molar refractivity (Wildman–Crippen MR) is 487 cm³/mol. The van der Waals surface area contributed by atoms with Gasteiger partial charge < -0.3 is 64.9 Å². The number of carbonyl (C=O) groups is 4. The number of aromatic nitrogens is 12. The van der Waals surface area contributed by atoms with E-state index in [2.05, 4.69) is 59.8 Å². The number of nitrogens with zero attached hydrogens (tertiary/aromatic N) is 13. The summed E-state index contributed by atoms with van der Waals surface area (Å²) in [7, 11) is 5.21. The van der Waals surface area contributed by atoms with Gasteiger partial charge in [0.25, 0.3) is 5.69 Å². The topological polar surface area (TPSA) is 485 Å². The number of hydrogen-bond donors (Lipinski definition) is 9. The molecule has 18 rings (SSSR count). The Hall–Kier alpha value is -18.9. The molecule has 0 bridgehead atoms. The van der Waals surface area contributed by atoms with Gasteiger partial charge in [-0.05, 0) is 150 Å². The van der Waals surface area contributed by atoms with Gasteiger partial charge in [0.2, 0.25) is 0 Å². The fourth-order valence-electron chi connectivity index (χ4n) is 13.6. The van der Waals surface area contributed by atoms with Gasteiger partial charge in [-0.15, -0.1) is 0 Å². The van der Waals surface area contributed by atoms with E-state index in [-0.39, 0.29) is 127 Å². The molecule has 0 aliphatic carbocycles. The number of para-hydroxylation sites is 4. The Bertz CT molecular complexity index is 7290. The van der Waals surface area contributed by atoms with Gasteiger partial charge in [-0.3, -0.25) is 10.1 Å². The van der Waals surface area contributed by atoms with Gasteiger partial charge in [-0.25, -0.2) is 79.0 Å². The van der Waals surface area contributed by atoms with E-state index in [1.807, 2.05) is 60.7 Å². The molecule has 0 spiro atoms. The summed E-state index contributed by atoms with van der Waals surface area (Å²) in [5.74, 6) is -0.617. The molecule has 0 aliphatic heterocycles. The first-order chi connectivity index (χ1) is 63.9. The molecule has 18 aromatic rings. The molecule has 32 nitrogen and oxygen atoms in total. The summed E-state index contributed by atoms with van der Waals surface area (Å²) in [5, 5.41) is 109. The molecule has 0 fully saturated rings. The molecule has 9 N–H and O–H groups in total. The third-order valence-corrected chi connectivity index (χ3v) is 20.3. The van der Waals surface area contributed by atoms with Gasteiger partial charge in [0.1, 0.15) is 62.9 Å². The lowest BCUT2D eigenvalue weighted by atomic mass is 10.0. The second kappa shape index (κ2) is 39.1. The summed E-state index contributed by atoms with van der Waals surface area (Å²) >= 11 is 0. The Morgan fingerprint density at radius 3 is 0.856 bits per heavy atom. The van der Waals surface area contributed by atoms with Crippen LogP contribution in [0.3, 0.4) is 0 Å². The summed E-state index contributed by atoms with van der Waals surface area (Å²) in [4.78, 5) is 112. The van der Waals surface area contributed by atoms with Crippen molar-refractivity contribution in [3.8, 4) is 188 Å². The lowest BCUT2D eigenvalue weighted by Crippen LogP contribution is -2.03. The zero-order chi connectivity index (χ0) is 92.8. The van der Waals surface area contributed by atoms with Crippen LogP contribution in [0.15, 0.2) is 303 Å². The number of methoxy groups -OCH3 is 4. The number of phenolic OH excluding ortho intramolecular Hbond substituents is 9. The van der Waals surface area contributed by atoms with Crippen LogP contribution in [0.4, 0.5) is 5.69 Å². The van der Waals surface area contributed by atoms with Crippen molar-refractivity contribution in [2.45, 2.75) is 0 Å². The number of fused-ring (bicyclic) bond motifs is 2. The van der Waals surface area contributed by atoms with Crippen LogP contribution >= 0.6 is 0 Å². The van der Waals surface area contributed by atoms with Crippen LogP contribution < -0.4 is 0 Å². The van der Waals surface area contributed by atoms with Crippen LogP contribution in [-0.2, 0) is 18.9 Å². The molecular weight excluding hydrogens is 1690 g/mol. The Morgan fingerprint density at radius 2 is 0.508 bits per heavy atom. The lowest BCUT2D eigenvalue weighted by molar-refractivity contribution is -0.384. The maximum atomic E-state index is 11.8. The molecule has 0 radical (unpaired) electrons. The Kier molecular flexibility index (Phi) is 26.1. The molecule has 132 heavy (non-hydrogen) atoms. The molecular formula is C100H71N13O19. The number of benzene rings is 14. The van der Waals surface area contributed by atoms with Gasteiger partial charge in [0.15, 0.2) is 69.9 Å². The molecule has 0 saturated carbocycles. The molecule has 0 atom stereocenters. The smallest absolute Gasteiger partial charge is 0.337 e. The number of hydrogen-bond acceptors (Lipinski definition) is 31. The van der Waals surface area contributed by atoms with E-state index in [4.69, 9.17) is 18.9 Å². The molecule has 0 saturated heterocycles. The zero-order valence-corrected chi connectivity index (χ0v) is 69.8. The van der Waals surface area contributed by atoms with Crippen molar-refractivity contribution in [1.82, 2.24) is 59.8 Å². The lowest BCUT2D eigenvalue weighted by Gasteiger charge is -2.11. The van der Waals surface area contributed by atoms with Crippen molar-refractivity contribution in [3.63, 3.8) is 0 Å². The van der Waals surface area contributed by atoms with E-state index in [0.29, 0.717) is 89.4 Å². The van der Waals surface area contributed by atoms with Crippen molar-refractivity contribution < 1.29 is 89.0 Å². The first-order valence-corrected chi connectivity index (χ1v) is 39.8. The third kappa shape index (κ3) is 19.3. The van der Waals surface area contributed by atoms with Gasteiger partial charge in [-0.2, -0.15) is 0 Å². The number of phenols is 9. The SMILES string of the molecule is COC(=O)c1ccc(-c2nc(-c3ccccc3O)nc(-c3c(O)cccc3O)n2)cc1.COC(=O)c1ccc(-c2nc(-c3ccccc3O)nc(-c3c(O)cccc3[N+](=O)[O-])n2)cc1.COC(=O)c1ccc(-c2nc(-c3ccccc3O)nc(-c3cc4ccccc4cc3O)n2)cc1.COC(=O)c1ccc(-c2nc(-c3ccccc3O)nc(-c3ccc4ccccc4c3O)n2)cc1. The highest BCUT2D eigenvalue weighted by molar-refractivity contribution is 5.96. The predicted octanol–water partition coefficient (Wildman–Crippen LogP) is 18.2. The normalized spacial score (nSPS) is 10.7. The second-order valence-electron chi connectivity index (χ2n) is 28.6. The molecule has 32 heteroatoms. The van der Waals surface area contributed by atoms with Crippen LogP contribution in [0.5, 0.6) is 51.7 Å². The van der Waals surface area contributed by atoms with Crippen LogP contribution in [0.1, 0.15) is 41.4 Å². The molecule has 4 aromatic heterocycles. The van der Waals surface area contributed by atoms with Crippen molar-refractivity contribution >= 4 is 51.1 Å². The highest BCUT2D eigenvalue weighted by atomic mass is 16.6. The molecule has 0 amide bonds. The molecule has 4 heterocycles. The van der Waals surface area contributed by atoms with Crippen LogP contribution in [0.2, 0.25) is 0 Å². The number of esters is 4. The maximum Gasteiger partial charge on any atom is 0.337 e. The minimum Gasteiger partial charge on any atom is -0.507 e. The fourth-order valence-corrected chi connectivity index (χ4v) is 13.6. The number of rotatable bonds is 17. The fraction of sp³-hybridized carbons (Fsp3) is 0.0400. The van der Waals surface area contributed by atoms with E-state index in [1.165, 1.54) is 89.1 Å². The molecule has 650 valence electrons. The second-order valence-corrected chi connectivity index (χ2v) is 28.6. The van der Waals surface area contributed by atoms with Crippen LogP contribution in [-0.4, -0.2) is 163 Å². The van der Waals surface area contributed by atoms with E-state index >= 15 is 0 Å². The maximum absolute atomic E-state index is 11.8. The summed E-state index contributed by atoms with van der Waals surface area (Å²) < 4.78 is 18.9. The van der Waals surface area contributed by atoms with Crippen molar-refractivity contribution in [2.24, 2.45) is 0 Å². The number of ether oxygens (including phenoxy) is 4. The quantitative estimate of drug-likeness (QED) is 0.0177. The van der Waals surface area contributed by atoms with E-state index in [1.54, 1.807) is 182 Å². The van der Waals surface area contributed by atoms with Gasteiger partial charge >= 0.3 is 23.9 Å². The van der Waals surface area contributed by atoms with E-state index in [0.717, 1.165) is 16.2 Å². The van der Waals surface area contributed by atoms with Crippen molar-refractivity contribution in [2.75, 3.05) is 28.4 Å². The van der Waals surface area contributed by atoms with Crippen LogP contribution in [0, 0.1) is 10.1 Å². The number of nitro benzene ring substituents is 1. The van der Waals surface area contributed by atoms with Crippen molar-refractivity contribution in [1.29, 1.82) is 0 Å². The summed E-state index contributed by atoms with van der Waals surface area (Å²) in [6.07, 6.45) is 0. The first kappa shape index (κ1) is 88.0. The molecule has 0 unspecified atom stereocenters. The number of nitro groups is 1. The minimum atomic E-state index is -0.649. The van der Waals surface area contributed by atoms with Crippen LogP contribution in [0.25, 0.3) is 158 Å². The third-order valence-electron chi connectivity index (χ3n) is 20.3. The summed E-state index contributed by atoms with van der Waals surface area (Å²) in [6, 6.07) is 82.8. The zero-order valence-electron chi connectivity index (χ0n) is 69.8. The van der Waals surface area contributed by atoms with E-state index in [9.17, 15) is 75.3 Å².